The van der Waals surface area contributed by atoms with Crippen LogP contribution in [-0.2, 0) is 0 Å². The number of aliphatic hydroxyl groups is 2. The summed E-state index contributed by atoms with van der Waals surface area (Å²) in [6.45, 7) is 2.36. The summed E-state index contributed by atoms with van der Waals surface area (Å²) in [4.78, 5) is 0. The Hall–Kier alpha value is -0.900. The molecule has 0 saturated carbocycles. The van der Waals surface area contributed by atoms with Crippen LogP contribution in [0.1, 0.15) is 23.7 Å². The van der Waals surface area contributed by atoms with Gasteiger partial charge in [-0.15, -0.1) is 0 Å². The summed E-state index contributed by atoms with van der Waals surface area (Å²) in [5.74, 6) is 0. The van der Waals surface area contributed by atoms with Crippen LogP contribution in [0, 0.1) is 6.92 Å². The molecule has 0 aliphatic heterocycles. The van der Waals surface area contributed by atoms with Crippen LogP contribution in [0.5, 0.6) is 0 Å². The summed E-state index contributed by atoms with van der Waals surface area (Å²) in [6, 6.07) is 7.46. The van der Waals surface area contributed by atoms with E-state index >= 15 is 0 Å². The first-order valence-electron chi connectivity index (χ1n) is 4.78. The second-order valence-electron chi connectivity index (χ2n) is 3.50. The van der Waals surface area contributed by atoms with Crippen molar-refractivity contribution < 1.29 is 10.2 Å². The van der Waals surface area contributed by atoms with Gasteiger partial charge in [-0.25, -0.2) is 0 Å². The van der Waals surface area contributed by atoms with Crippen LogP contribution in [0.3, 0.4) is 0 Å². The predicted molar refractivity (Wildman–Crippen MR) is 55.8 cm³/mol. The molecule has 1 aromatic rings. The molecule has 0 aromatic heterocycles. The summed E-state index contributed by atoms with van der Waals surface area (Å²) in [7, 11) is 0. The van der Waals surface area contributed by atoms with Gasteiger partial charge in [0.05, 0.1) is 6.10 Å². The third kappa shape index (κ3) is 2.80. The molecule has 0 spiro atoms. The lowest BCUT2D eigenvalue weighted by molar-refractivity contribution is 0.0150. The molecule has 0 radical (unpaired) electrons. The van der Waals surface area contributed by atoms with Crippen molar-refractivity contribution in [2.75, 3.05) is 6.54 Å². The van der Waals surface area contributed by atoms with E-state index in [1.807, 2.05) is 31.2 Å². The van der Waals surface area contributed by atoms with E-state index in [0.717, 1.165) is 11.1 Å². The average molecular weight is 195 g/mol. The molecule has 0 aliphatic rings. The minimum atomic E-state index is -0.834. The number of benzene rings is 1. The van der Waals surface area contributed by atoms with E-state index < -0.39 is 12.2 Å². The molecular formula is C11H17NO2. The highest BCUT2D eigenvalue weighted by Crippen LogP contribution is 2.18. The molecule has 14 heavy (non-hydrogen) atoms. The van der Waals surface area contributed by atoms with Crippen LogP contribution in [0.15, 0.2) is 24.3 Å². The Morgan fingerprint density at radius 2 is 1.79 bits per heavy atom. The molecule has 0 heterocycles. The van der Waals surface area contributed by atoms with Gasteiger partial charge < -0.3 is 15.9 Å². The lowest BCUT2D eigenvalue weighted by Crippen LogP contribution is -2.21. The number of rotatable bonds is 4. The van der Waals surface area contributed by atoms with Gasteiger partial charge in [0.1, 0.15) is 6.10 Å². The molecule has 0 aliphatic carbocycles. The largest absolute Gasteiger partial charge is 0.390 e. The van der Waals surface area contributed by atoms with Crippen molar-refractivity contribution in [3.63, 3.8) is 0 Å². The highest BCUT2D eigenvalue weighted by atomic mass is 16.3. The van der Waals surface area contributed by atoms with Gasteiger partial charge >= 0.3 is 0 Å². The van der Waals surface area contributed by atoms with Gasteiger partial charge in [0.25, 0.3) is 0 Å². The second kappa shape index (κ2) is 5.10. The number of hydrogen-bond donors (Lipinski definition) is 3. The molecule has 3 nitrogen and oxygen atoms in total. The van der Waals surface area contributed by atoms with E-state index in [4.69, 9.17) is 5.73 Å². The number of hydrogen-bond acceptors (Lipinski definition) is 3. The summed E-state index contributed by atoms with van der Waals surface area (Å²) >= 11 is 0. The van der Waals surface area contributed by atoms with Crippen molar-refractivity contribution >= 4 is 0 Å². The molecule has 0 amide bonds. The van der Waals surface area contributed by atoms with Gasteiger partial charge in [0.2, 0.25) is 0 Å². The Labute approximate surface area is 84.2 Å². The fourth-order valence-electron chi connectivity index (χ4n) is 1.31. The number of nitrogens with two attached hydrogens (primary N) is 1. The lowest BCUT2D eigenvalue weighted by Gasteiger charge is -2.17. The van der Waals surface area contributed by atoms with Crippen LogP contribution in [-0.4, -0.2) is 22.9 Å². The van der Waals surface area contributed by atoms with Gasteiger partial charge in [-0.1, -0.05) is 29.8 Å². The minimum absolute atomic E-state index is 0.379. The van der Waals surface area contributed by atoms with Crippen molar-refractivity contribution in [1.82, 2.24) is 0 Å². The van der Waals surface area contributed by atoms with Crippen molar-refractivity contribution in [3.8, 4) is 0 Å². The number of aryl methyl sites for hydroxylation is 1. The Kier molecular flexibility index (Phi) is 4.07. The highest BCUT2D eigenvalue weighted by Gasteiger charge is 2.16. The molecule has 0 bridgehead atoms. The molecule has 0 fully saturated rings. The fourth-order valence-corrected chi connectivity index (χ4v) is 1.31. The molecule has 78 valence electrons. The SMILES string of the molecule is Cc1ccc(C(O)C(O)CCN)cc1. The highest BCUT2D eigenvalue weighted by molar-refractivity contribution is 5.23. The molecule has 3 heteroatoms. The molecule has 4 N–H and O–H groups in total. The smallest absolute Gasteiger partial charge is 0.105 e. The maximum absolute atomic E-state index is 9.71. The molecular weight excluding hydrogens is 178 g/mol. The van der Waals surface area contributed by atoms with Crippen LogP contribution in [0.4, 0.5) is 0 Å². The van der Waals surface area contributed by atoms with Crippen molar-refractivity contribution in [1.29, 1.82) is 0 Å². The maximum Gasteiger partial charge on any atom is 0.105 e. The van der Waals surface area contributed by atoms with Crippen molar-refractivity contribution in [3.05, 3.63) is 35.4 Å². The van der Waals surface area contributed by atoms with E-state index in [-0.39, 0.29) is 0 Å². The van der Waals surface area contributed by atoms with Crippen LogP contribution in [0.25, 0.3) is 0 Å². The Morgan fingerprint density at radius 3 is 2.29 bits per heavy atom. The molecule has 1 rings (SSSR count). The molecule has 0 saturated heterocycles. The van der Waals surface area contributed by atoms with Gasteiger partial charge in [-0.2, -0.15) is 0 Å². The zero-order chi connectivity index (χ0) is 10.6. The standard InChI is InChI=1S/C11H17NO2/c1-8-2-4-9(5-3-8)11(14)10(13)6-7-12/h2-5,10-11,13-14H,6-7,12H2,1H3. The normalized spacial score (nSPS) is 15.1. The first-order valence-corrected chi connectivity index (χ1v) is 4.78. The molecule has 2 atom stereocenters. The van der Waals surface area contributed by atoms with Crippen molar-refractivity contribution in [2.24, 2.45) is 5.73 Å². The van der Waals surface area contributed by atoms with Crippen molar-refractivity contribution in [2.45, 2.75) is 25.6 Å². The van der Waals surface area contributed by atoms with Gasteiger partial charge in [0.15, 0.2) is 0 Å². The number of aliphatic hydroxyl groups excluding tert-OH is 2. The Balaban J connectivity index is 2.68. The van der Waals surface area contributed by atoms with Gasteiger partial charge in [-0.05, 0) is 25.5 Å². The zero-order valence-electron chi connectivity index (χ0n) is 8.35. The van der Waals surface area contributed by atoms with Crippen LogP contribution in [0.2, 0.25) is 0 Å². The monoisotopic (exact) mass is 195 g/mol. The predicted octanol–water partition coefficient (Wildman–Crippen LogP) is 0.738. The average Bonchev–Trinajstić information content (AvgIpc) is 2.18. The van der Waals surface area contributed by atoms with Gasteiger partial charge in [0, 0.05) is 0 Å². The van der Waals surface area contributed by atoms with E-state index in [2.05, 4.69) is 0 Å². The third-order valence-electron chi connectivity index (χ3n) is 2.25. The topological polar surface area (TPSA) is 66.5 Å². The van der Waals surface area contributed by atoms with Crippen LogP contribution < -0.4 is 5.73 Å². The second-order valence-corrected chi connectivity index (χ2v) is 3.50. The Morgan fingerprint density at radius 1 is 1.21 bits per heavy atom. The van der Waals surface area contributed by atoms with E-state index in [9.17, 15) is 10.2 Å². The van der Waals surface area contributed by atoms with Crippen LogP contribution >= 0.6 is 0 Å². The third-order valence-corrected chi connectivity index (χ3v) is 2.25. The minimum Gasteiger partial charge on any atom is -0.390 e. The lowest BCUT2D eigenvalue weighted by atomic mass is 10.0. The van der Waals surface area contributed by atoms with E-state index in [0.29, 0.717) is 13.0 Å². The van der Waals surface area contributed by atoms with Gasteiger partial charge in [-0.3, -0.25) is 0 Å². The Bertz CT molecular complexity index is 271. The summed E-state index contributed by atoms with van der Waals surface area (Å²) < 4.78 is 0. The summed E-state index contributed by atoms with van der Waals surface area (Å²) in [6.07, 6.45) is -1.20. The summed E-state index contributed by atoms with van der Waals surface area (Å²) in [5.41, 5.74) is 7.16. The fraction of sp³-hybridized carbons (Fsp3) is 0.455. The van der Waals surface area contributed by atoms with E-state index in [1.165, 1.54) is 0 Å². The quantitative estimate of drug-likeness (QED) is 0.663. The summed E-state index contributed by atoms with van der Waals surface area (Å²) in [5, 5.41) is 19.2. The zero-order valence-corrected chi connectivity index (χ0v) is 8.35. The maximum atomic E-state index is 9.71. The first kappa shape index (κ1) is 11.2. The molecule has 2 unspecified atom stereocenters. The molecule has 1 aromatic carbocycles. The van der Waals surface area contributed by atoms with E-state index in [1.54, 1.807) is 0 Å². The first-order chi connectivity index (χ1) is 6.65.